The molecular weight excluding hydrogens is 299 g/mol. The molecule has 0 aromatic heterocycles. The molecule has 0 spiro atoms. The van der Waals surface area contributed by atoms with Crippen LogP contribution in [-0.4, -0.2) is 18.2 Å². The summed E-state index contributed by atoms with van der Waals surface area (Å²) >= 11 is 5.91. The van der Waals surface area contributed by atoms with Gasteiger partial charge < -0.3 is 20.4 Å². The minimum absolute atomic E-state index is 0.100. The van der Waals surface area contributed by atoms with Crippen molar-refractivity contribution in [2.75, 3.05) is 7.11 Å². The second-order valence-electron chi connectivity index (χ2n) is 4.02. The van der Waals surface area contributed by atoms with Crippen molar-refractivity contribution >= 4 is 17.4 Å². The molecular formula is C14H12ClFN2O3. The Morgan fingerprint density at radius 2 is 2.00 bits per heavy atom. The van der Waals surface area contributed by atoms with Crippen LogP contribution in [0.25, 0.3) is 0 Å². The standard InChI is InChI=1S/C14H12ClFN2O3/c1-20-9-3-4-10(14(17)18-19)13(7-9)21-12-5-2-8(16)6-11(12)15/h2-7,19H,1H3,(H2,17,18). The lowest BCUT2D eigenvalue weighted by Crippen LogP contribution is -2.14. The van der Waals surface area contributed by atoms with Crippen LogP contribution in [0.4, 0.5) is 4.39 Å². The number of halogens is 2. The molecule has 0 aliphatic heterocycles. The molecule has 7 heteroatoms. The Kier molecular flexibility index (Phi) is 4.49. The minimum Gasteiger partial charge on any atom is -0.497 e. The van der Waals surface area contributed by atoms with Crippen molar-refractivity contribution in [3.63, 3.8) is 0 Å². The topological polar surface area (TPSA) is 77.1 Å². The van der Waals surface area contributed by atoms with Crippen molar-refractivity contribution in [2.45, 2.75) is 0 Å². The fourth-order valence-electron chi connectivity index (χ4n) is 1.66. The first-order valence-corrected chi connectivity index (χ1v) is 6.21. The first-order chi connectivity index (χ1) is 10.0. The zero-order valence-corrected chi connectivity index (χ0v) is 11.8. The van der Waals surface area contributed by atoms with Gasteiger partial charge in [-0.2, -0.15) is 0 Å². The van der Waals surface area contributed by atoms with Gasteiger partial charge in [-0.25, -0.2) is 4.39 Å². The maximum absolute atomic E-state index is 13.0. The summed E-state index contributed by atoms with van der Waals surface area (Å²) in [6.07, 6.45) is 0. The lowest BCUT2D eigenvalue weighted by atomic mass is 10.1. The van der Waals surface area contributed by atoms with Crippen LogP contribution in [0.15, 0.2) is 41.6 Å². The van der Waals surface area contributed by atoms with E-state index in [1.54, 1.807) is 18.2 Å². The molecule has 0 aliphatic carbocycles. The first-order valence-electron chi connectivity index (χ1n) is 5.84. The van der Waals surface area contributed by atoms with Crippen LogP contribution in [0.5, 0.6) is 17.2 Å². The Labute approximate surface area is 125 Å². The summed E-state index contributed by atoms with van der Waals surface area (Å²) in [6.45, 7) is 0. The summed E-state index contributed by atoms with van der Waals surface area (Å²) < 4.78 is 23.7. The molecule has 110 valence electrons. The van der Waals surface area contributed by atoms with Crippen molar-refractivity contribution in [2.24, 2.45) is 10.9 Å². The highest BCUT2D eigenvalue weighted by molar-refractivity contribution is 6.32. The molecule has 0 heterocycles. The quantitative estimate of drug-likeness (QED) is 0.393. The fourth-order valence-corrected chi connectivity index (χ4v) is 1.86. The van der Waals surface area contributed by atoms with Crippen molar-refractivity contribution in [3.8, 4) is 17.2 Å². The van der Waals surface area contributed by atoms with Gasteiger partial charge in [0.15, 0.2) is 5.84 Å². The summed E-state index contributed by atoms with van der Waals surface area (Å²) in [4.78, 5) is 0. The van der Waals surface area contributed by atoms with E-state index in [4.69, 9.17) is 32.0 Å². The van der Waals surface area contributed by atoms with Crippen LogP contribution in [-0.2, 0) is 0 Å². The molecule has 0 aliphatic rings. The van der Waals surface area contributed by atoms with Crippen LogP contribution in [0, 0.1) is 5.82 Å². The minimum atomic E-state index is -0.477. The molecule has 2 aromatic carbocycles. The Balaban J connectivity index is 2.46. The third-order valence-electron chi connectivity index (χ3n) is 2.69. The van der Waals surface area contributed by atoms with Crippen LogP contribution in [0.2, 0.25) is 5.02 Å². The fraction of sp³-hybridized carbons (Fsp3) is 0.0714. The molecule has 0 fully saturated rings. The van der Waals surface area contributed by atoms with Crippen LogP contribution in [0.3, 0.4) is 0 Å². The van der Waals surface area contributed by atoms with Gasteiger partial charge in [-0.15, -0.1) is 0 Å². The van der Waals surface area contributed by atoms with E-state index in [1.165, 1.54) is 19.2 Å². The second kappa shape index (κ2) is 6.32. The predicted octanol–water partition coefficient (Wildman–Crippen LogP) is 3.37. The number of oxime groups is 1. The summed E-state index contributed by atoms with van der Waals surface area (Å²) in [5.41, 5.74) is 5.93. The number of hydrogen-bond donors (Lipinski definition) is 2. The lowest BCUT2D eigenvalue weighted by molar-refractivity contribution is 0.318. The van der Waals surface area contributed by atoms with Gasteiger partial charge in [0.2, 0.25) is 0 Å². The van der Waals surface area contributed by atoms with E-state index in [1.807, 2.05) is 0 Å². The summed E-state index contributed by atoms with van der Waals surface area (Å²) in [7, 11) is 1.49. The number of rotatable bonds is 4. The highest BCUT2D eigenvalue weighted by Crippen LogP contribution is 2.33. The van der Waals surface area contributed by atoms with Gasteiger partial charge in [-0.1, -0.05) is 16.8 Å². The van der Waals surface area contributed by atoms with Crippen LogP contribution >= 0.6 is 11.6 Å². The van der Waals surface area contributed by atoms with Gasteiger partial charge in [0, 0.05) is 6.07 Å². The molecule has 2 rings (SSSR count). The number of benzene rings is 2. The van der Waals surface area contributed by atoms with Gasteiger partial charge in [0.25, 0.3) is 0 Å². The second-order valence-corrected chi connectivity index (χ2v) is 4.43. The normalized spacial score (nSPS) is 11.3. The van der Waals surface area contributed by atoms with Gasteiger partial charge >= 0.3 is 0 Å². The zero-order valence-electron chi connectivity index (χ0n) is 11.0. The third kappa shape index (κ3) is 3.35. The Morgan fingerprint density at radius 1 is 1.24 bits per heavy atom. The molecule has 0 saturated carbocycles. The molecule has 0 unspecified atom stereocenters. The van der Waals surface area contributed by atoms with E-state index in [2.05, 4.69) is 5.16 Å². The van der Waals surface area contributed by atoms with Gasteiger partial charge in [-0.05, 0) is 30.3 Å². The highest BCUT2D eigenvalue weighted by atomic mass is 35.5. The largest absolute Gasteiger partial charge is 0.497 e. The number of methoxy groups -OCH3 is 1. The predicted molar refractivity (Wildman–Crippen MR) is 77.0 cm³/mol. The van der Waals surface area contributed by atoms with Gasteiger partial charge in [0.1, 0.15) is 23.1 Å². The van der Waals surface area contributed by atoms with Crippen molar-refractivity contribution < 1.29 is 19.1 Å². The van der Waals surface area contributed by atoms with E-state index < -0.39 is 5.82 Å². The number of amidine groups is 1. The third-order valence-corrected chi connectivity index (χ3v) is 2.98. The molecule has 0 amide bonds. The number of ether oxygens (including phenoxy) is 2. The van der Waals surface area contributed by atoms with Crippen molar-refractivity contribution in [1.82, 2.24) is 0 Å². The molecule has 0 saturated heterocycles. The maximum Gasteiger partial charge on any atom is 0.173 e. The molecule has 3 N–H and O–H groups in total. The molecule has 0 atom stereocenters. The summed E-state index contributed by atoms with van der Waals surface area (Å²) in [6, 6.07) is 8.47. The summed E-state index contributed by atoms with van der Waals surface area (Å²) in [5, 5.41) is 11.8. The van der Waals surface area contributed by atoms with Crippen molar-refractivity contribution in [3.05, 3.63) is 52.8 Å². The highest BCUT2D eigenvalue weighted by Gasteiger charge is 2.13. The number of nitrogens with zero attached hydrogens (tertiary/aromatic N) is 1. The number of nitrogens with two attached hydrogens (primary N) is 1. The Bertz CT molecular complexity index is 692. The van der Waals surface area contributed by atoms with Crippen LogP contribution < -0.4 is 15.2 Å². The summed E-state index contributed by atoms with van der Waals surface area (Å²) in [5.74, 6) is 0.398. The molecule has 21 heavy (non-hydrogen) atoms. The number of hydrogen-bond acceptors (Lipinski definition) is 4. The molecule has 2 aromatic rings. The SMILES string of the molecule is COc1ccc(/C(N)=N/O)c(Oc2ccc(F)cc2Cl)c1. The van der Waals surface area contributed by atoms with E-state index in [-0.39, 0.29) is 22.4 Å². The smallest absolute Gasteiger partial charge is 0.173 e. The average Bonchev–Trinajstić information content (AvgIpc) is 2.49. The molecule has 5 nitrogen and oxygen atoms in total. The average molecular weight is 311 g/mol. The van der Waals surface area contributed by atoms with Crippen LogP contribution in [0.1, 0.15) is 5.56 Å². The van der Waals surface area contributed by atoms with Crippen molar-refractivity contribution in [1.29, 1.82) is 0 Å². The first kappa shape index (κ1) is 14.9. The Hall–Kier alpha value is -2.47. The lowest BCUT2D eigenvalue weighted by Gasteiger charge is -2.13. The monoisotopic (exact) mass is 310 g/mol. The van der Waals surface area contributed by atoms with Gasteiger partial charge in [0.05, 0.1) is 17.7 Å². The molecule has 0 bridgehead atoms. The maximum atomic E-state index is 13.0. The molecule has 0 radical (unpaired) electrons. The van der Waals surface area contributed by atoms with E-state index in [9.17, 15) is 4.39 Å². The Morgan fingerprint density at radius 3 is 2.62 bits per heavy atom. The van der Waals surface area contributed by atoms with E-state index >= 15 is 0 Å². The van der Waals surface area contributed by atoms with Gasteiger partial charge in [-0.3, -0.25) is 0 Å². The van der Waals surface area contributed by atoms with E-state index in [0.717, 1.165) is 6.07 Å². The zero-order chi connectivity index (χ0) is 15.4. The van der Waals surface area contributed by atoms with E-state index in [0.29, 0.717) is 11.3 Å².